The molecule has 2 heteroatoms. The normalized spacial score (nSPS) is 41.3. The van der Waals surface area contributed by atoms with Crippen molar-refractivity contribution in [1.82, 2.24) is 5.32 Å². The molecule has 4 fully saturated rings. The molecule has 4 rings (SSSR count). The van der Waals surface area contributed by atoms with Gasteiger partial charge >= 0.3 is 0 Å². The highest BCUT2D eigenvalue weighted by Crippen LogP contribution is 2.61. The lowest BCUT2D eigenvalue weighted by Crippen LogP contribution is -2.58. The van der Waals surface area contributed by atoms with Gasteiger partial charge in [0.15, 0.2) is 0 Å². The van der Waals surface area contributed by atoms with E-state index in [1.54, 1.807) is 0 Å². The van der Waals surface area contributed by atoms with Gasteiger partial charge in [0.25, 0.3) is 0 Å². The summed E-state index contributed by atoms with van der Waals surface area (Å²) in [4.78, 5) is 0. The van der Waals surface area contributed by atoms with Gasteiger partial charge in [-0.15, -0.1) is 0 Å². The van der Waals surface area contributed by atoms with E-state index in [2.05, 4.69) is 33.0 Å². The molecule has 4 aliphatic rings. The highest BCUT2D eigenvalue weighted by molar-refractivity contribution is 5.06. The van der Waals surface area contributed by atoms with Crippen LogP contribution in [-0.4, -0.2) is 23.8 Å². The van der Waals surface area contributed by atoms with Gasteiger partial charge in [-0.25, -0.2) is 0 Å². The van der Waals surface area contributed by atoms with E-state index < -0.39 is 0 Å². The Hall–Kier alpha value is -0.0800. The van der Waals surface area contributed by atoms with Gasteiger partial charge < -0.3 is 10.4 Å². The van der Waals surface area contributed by atoms with Crippen molar-refractivity contribution in [3.8, 4) is 0 Å². The van der Waals surface area contributed by atoms with Gasteiger partial charge in [0.1, 0.15) is 0 Å². The molecule has 0 spiro atoms. The Morgan fingerprint density at radius 2 is 1.52 bits per heavy atom. The lowest BCUT2D eigenvalue weighted by molar-refractivity contribution is -0.0746. The van der Waals surface area contributed by atoms with Crippen molar-refractivity contribution in [2.45, 2.75) is 84.7 Å². The van der Waals surface area contributed by atoms with Crippen LogP contribution in [0.3, 0.4) is 0 Å². The van der Waals surface area contributed by atoms with Gasteiger partial charge in [0.2, 0.25) is 0 Å². The minimum absolute atomic E-state index is 0.222. The quantitative estimate of drug-likeness (QED) is 0.803. The number of hydrogen-bond donors (Lipinski definition) is 2. The van der Waals surface area contributed by atoms with Crippen LogP contribution in [-0.2, 0) is 0 Å². The SMILES string of the molecule is CC(NC(CCO)C(C)(C)C)C12CC3CC(CC(C3)C1)C2. The van der Waals surface area contributed by atoms with E-state index in [1.165, 1.54) is 38.5 Å². The fourth-order valence-corrected chi connectivity index (χ4v) is 6.08. The molecule has 122 valence electrons. The molecule has 0 heterocycles. The van der Waals surface area contributed by atoms with Crippen molar-refractivity contribution in [2.24, 2.45) is 28.6 Å². The second kappa shape index (κ2) is 5.53. The summed E-state index contributed by atoms with van der Waals surface area (Å²) in [6.07, 6.45) is 9.82. The summed E-state index contributed by atoms with van der Waals surface area (Å²) >= 11 is 0. The highest BCUT2D eigenvalue weighted by atomic mass is 16.3. The molecule has 0 aromatic carbocycles. The Balaban J connectivity index is 1.71. The summed E-state index contributed by atoms with van der Waals surface area (Å²) < 4.78 is 0. The molecule has 2 N–H and O–H groups in total. The molecule has 0 aliphatic heterocycles. The van der Waals surface area contributed by atoms with Crippen LogP contribution in [0.2, 0.25) is 0 Å². The molecule has 4 bridgehead atoms. The number of hydrogen-bond acceptors (Lipinski definition) is 2. The van der Waals surface area contributed by atoms with Crippen molar-refractivity contribution >= 4 is 0 Å². The fourth-order valence-electron chi connectivity index (χ4n) is 6.08. The summed E-state index contributed by atoms with van der Waals surface area (Å²) in [6, 6.07) is 1.02. The summed E-state index contributed by atoms with van der Waals surface area (Å²) in [6.45, 7) is 9.62. The van der Waals surface area contributed by atoms with E-state index in [9.17, 15) is 5.11 Å². The molecule has 2 atom stereocenters. The first kappa shape index (κ1) is 15.8. The number of aliphatic hydroxyl groups is 1. The van der Waals surface area contributed by atoms with E-state index >= 15 is 0 Å². The molecular formula is C19H35NO. The number of aliphatic hydroxyl groups excluding tert-OH is 1. The van der Waals surface area contributed by atoms with Gasteiger partial charge in [-0.3, -0.25) is 0 Å². The third kappa shape index (κ3) is 3.03. The predicted molar refractivity (Wildman–Crippen MR) is 88.1 cm³/mol. The standard InChI is InChI=1S/C19H35NO/c1-13(20-17(5-6-21)18(2,3)4)19-10-14-7-15(11-19)9-16(8-14)12-19/h13-17,20-21H,5-12H2,1-4H3. The van der Waals surface area contributed by atoms with E-state index in [-0.39, 0.29) is 5.41 Å². The van der Waals surface area contributed by atoms with Gasteiger partial charge in [0.05, 0.1) is 0 Å². The Morgan fingerprint density at radius 3 is 1.90 bits per heavy atom. The lowest BCUT2D eigenvalue weighted by Gasteiger charge is -2.59. The topological polar surface area (TPSA) is 32.3 Å². The zero-order valence-corrected chi connectivity index (χ0v) is 14.5. The molecule has 21 heavy (non-hydrogen) atoms. The van der Waals surface area contributed by atoms with Gasteiger partial charge in [-0.1, -0.05) is 20.8 Å². The van der Waals surface area contributed by atoms with E-state index in [0.29, 0.717) is 24.1 Å². The second-order valence-electron chi connectivity index (χ2n) is 9.60. The maximum atomic E-state index is 9.41. The number of nitrogens with one attached hydrogen (secondary N) is 1. The third-order valence-electron chi connectivity index (χ3n) is 6.92. The van der Waals surface area contributed by atoms with Crippen LogP contribution in [0.1, 0.15) is 72.6 Å². The lowest BCUT2D eigenvalue weighted by atomic mass is 9.48. The van der Waals surface area contributed by atoms with Crippen LogP contribution in [0.5, 0.6) is 0 Å². The first-order valence-electron chi connectivity index (χ1n) is 9.19. The Bertz CT molecular complexity index is 335. The first-order chi connectivity index (χ1) is 9.82. The number of rotatable bonds is 5. The van der Waals surface area contributed by atoms with Crippen molar-refractivity contribution in [2.75, 3.05) is 6.61 Å². The molecule has 0 saturated heterocycles. The highest BCUT2D eigenvalue weighted by Gasteiger charge is 2.53. The molecule has 4 aliphatic carbocycles. The van der Waals surface area contributed by atoms with Crippen molar-refractivity contribution in [3.05, 3.63) is 0 Å². The average molecular weight is 293 g/mol. The molecule has 2 unspecified atom stereocenters. The van der Waals surface area contributed by atoms with Gasteiger partial charge in [-0.05, 0) is 80.5 Å². The molecule has 0 radical (unpaired) electrons. The van der Waals surface area contributed by atoms with Gasteiger partial charge in [-0.2, -0.15) is 0 Å². The largest absolute Gasteiger partial charge is 0.396 e. The van der Waals surface area contributed by atoms with Crippen LogP contribution < -0.4 is 5.32 Å². The minimum atomic E-state index is 0.222. The fraction of sp³-hybridized carbons (Fsp3) is 1.00. The summed E-state index contributed by atoms with van der Waals surface area (Å²) in [5.41, 5.74) is 0.785. The molecule has 0 aromatic rings. The third-order valence-corrected chi connectivity index (χ3v) is 6.92. The summed E-state index contributed by atoms with van der Waals surface area (Å²) in [7, 11) is 0. The smallest absolute Gasteiger partial charge is 0.0446 e. The van der Waals surface area contributed by atoms with E-state index in [4.69, 9.17) is 0 Å². The summed E-state index contributed by atoms with van der Waals surface area (Å²) in [5, 5.41) is 13.4. The maximum Gasteiger partial charge on any atom is 0.0446 e. The molecule has 0 aromatic heterocycles. The van der Waals surface area contributed by atoms with Crippen LogP contribution >= 0.6 is 0 Å². The van der Waals surface area contributed by atoms with E-state index in [0.717, 1.165) is 24.2 Å². The Kier molecular flexibility index (Phi) is 4.16. The van der Waals surface area contributed by atoms with Crippen molar-refractivity contribution in [1.29, 1.82) is 0 Å². The van der Waals surface area contributed by atoms with Crippen LogP contribution in [0.4, 0.5) is 0 Å². The summed E-state index contributed by atoms with van der Waals surface area (Å²) in [5.74, 6) is 3.06. The Labute approximate surface area is 131 Å². The first-order valence-corrected chi connectivity index (χ1v) is 9.19. The zero-order valence-electron chi connectivity index (χ0n) is 14.5. The predicted octanol–water partition coefficient (Wildman–Crippen LogP) is 3.98. The molecular weight excluding hydrogens is 258 g/mol. The minimum Gasteiger partial charge on any atom is -0.396 e. The monoisotopic (exact) mass is 293 g/mol. The van der Waals surface area contributed by atoms with Crippen LogP contribution in [0.25, 0.3) is 0 Å². The molecule has 4 saturated carbocycles. The van der Waals surface area contributed by atoms with Gasteiger partial charge in [0, 0.05) is 18.7 Å². The van der Waals surface area contributed by atoms with Crippen molar-refractivity contribution in [3.63, 3.8) is 0 Å². The second-order valence-corrected chi connectivity index (χ2v) is 9.60. The van der Waals surface area contributed by atoms with E-state index in [1.807, 2.05) is 0 Å². The maximum absolute atomic E-state index is 9.41. The zero-order chi connectivity index (χ0) is 15.3. The molecule has 2 nitrogen and oxygen atoms in total. The Morgan fingerprint density at radius 1 is 1.05 bits per heavy atom. The van der Waals surface area contributed by atoms with Crippen LogP contribution in [0, 0.1) is 28.6 Å². The van der Waals surface area contributed by atoms with Crippen LogP contribution in [0.15, 0.2) is 0 Å². The van der Waals surface area contributed by atoms with Crippen molar-refractivity contribution < 1.29 is 5.11 Å². The average Bonchev–Trinajstić information content (AvgIpc) is 2.35. The molecule has 0 amide bonds.